The number of nitrogens with zero attached hydrogens (tertiary/aromatic N) is 5. The zero-order valence-electron chi connectivity index (χ0n) is 18.2. The Morgan fingerprint density at radius 3 is 2.48 bits per heavy atom. The predicted molar refractivity (Wildman–Crippen MR) is 118 cm³/mol. The van der Waals surface area contributed by atoms with Crippen LogP contribution in [0.1, 0.15) is 67.1 Å². The van der Waals surface area contributed by atoms with Crippen molar-refractivity contribution in [3.8, 4) is 11.3 Å². The van der Waals surface area contributed by atoms with Gasteiger partial charge in [0, 0.05) is 42.9 Å². The van der Waals surface area contributed by atoms with Crippen LogP contribution in [0.4, 0.5) is 0 Å². The largest absolute Gasteiger partial charge is 0.356 e. The summed E-state index contributed by atoms with van der Waals surface area (Å²) in [6.07, 6.45) is 5.00. The number of rotatable bonds is 3. The first-order valence-electron chi connectivity index (χ1n) is 10.4. The number of carbonyl (C=O) groups is 1. The van der Waals surface area contributed by atoms with Crippen LogP contribution in [0.3, 0.4) is 0 Å². The van der Waals surface area contributed by atoms with Crippen LogP contribution in [0.2, 0.25) is 5.15 Å². The molecule has 4 heterocycles. The molecule has 1 aliphatic heterocycles. The van der Waals surface area contributed by atoms with E-state index in [0.29, 0.717) is 29.6 Å². The highest BCUT2D eigenvalue weighted by atomic mass is 35.5. The van der Waals surface area contributed by atoms with Crippen molar-refractivity contribution in [2.45, 2.75) is 51.9 Å². The lowest BCUT2D eigenvalue weighted by Gasteiger charge is -2.32. The van der Waals surface area contributed by atoms with Crippen LogP contribution in [-0.4, -0.2) is 44.0 Å². The average Bonchev–Trinajstić information content (AvgIpc) is 3.19. The van der Waals surface area contributed by atoms with Crippen LogP contribution in [0.15, 0.2) is 35.1 Å². The van der Waals surface area contributed by atoms with Gasteiger partial charge in [-0.25, -0.2) is 15.0 Å². The Hall–Kier alpha value is -2.80. The summed E-state index contributed by atoms with van der Waals surface area (Å²) in [5.41, 5.74) is 3.05. The number of likely N-dealkylation sites (tertiary alicyclic amines) is 1. The fourth-order valence-corrected chi connectivity index (χ4v) is 3.90. The molecule has 0 bridgehead atoms. The Bertz CT molecular complexity index is 1080. The summed E-state index contributed by atoms with van der Waals surface area (Å²) in [7, 11) is 0. The zero-order chi connectivity index (χ0) is 22.2. The number of piperidine rings is 1. The van der Waals surface area contributed by atoms with Gasteiger partial charge in [-0.1, -0.05) is 37.5 Å². The van der Waals surface area contributed by atoms with Crippen LogP contribution in [0.25, 0.3) is 11.3 Å². The Morgan fingerprint density at radius 1 is 1.16 bits per heavy atom. The minimum Gasteiger partial charge on any atom is -0.356 e. The molecular formula is C23H26ClN5O2. The standard InChI is InChI=1S/C23H26ClN5O2/c1-14-11-18(31-28-14)17-13-26-22(23(2,3)4)27-20(17)15-7-9-29(10-8-15)21(30)16-5-6-19(24)25-12-16/h5-6,11-13,15H,7-10H2,1-4H3. The van der Waals surface area contributed by atoms with E-state index in [2.05, 4.69) is 35.9 Å². The number of amides is 1. The molecular weight excluding hydrogens is 414 g/mol. The fraction of sp³-hybridized carbons (Fsp3) is 0.435. The summed E-state index contributed by atoms with van der Waals surface area (Å²) in [4.78, 5) is 28.3. The van der Waals surface area contributed by atoms with Gasteiger partial charge in [0.15, 0.2) is 5.76 Å². The third kappa shape index (κ3) is 4.61. The minimum atomic E-state index is -0.164. The van der Waals surface area contributed by atoms with Crippen molar-refractivity contribution >= 4 is 17.5 Å². The van der Waals surface area contributed by atoms with Gasteiger partial charge < -0.3 is 9.42 Å². The Morgan fingerprint density at radius 2 is 1.90 bits per heavy atom. The molecule has 0 saturated carbocycles. The Labute approximate surface area is 186 Å². The second-order valence-electron chi connectivity index (χ2n) is 9.01. The molecule has 0 atom stereocenters. The average molecular weight is 440 g/mol. The number of aromatic nitrogens is 4. The van der Waals surface area contributed by atoms with Crippen molar-refractivity contribution in [2.24, 2.45) is 0 Å². The molecule has 3 aromatic heterocycles. The molecule has 1 aliphatic rings. The van der Waals surface area contributed by atoms with E-state index in [-0.39, 0.29) is 17.2 Å². The lowest BCUT2D eigenvalue weighted by molar-refractivity contribution is 0.0711. The summed E-state index contributed by atoms with van der Waals surface area (Å²) < 4.78 is 5.52. The van der Waals surface area contributed by atoms with Gasteiger partial charge in [-0.3, -0.25) is 4.79 Å². The molecule has 0 unspecified atom stereocenters. The van der Waals surface area contributed by atoms with Crippen LogP contribution in [-0.2, 0) is 5.41 Å². The van der Waals surface area contributed by atoms with E-state index in [0.717, 1.165) is 35.6 Å². The van der Waals surface area contributed by atoms with Crippen molar-refractivity contribution in [3.63, 3.8) is 0 Å². The molecule has 1 saturated heterocycles. The smallest absolute Gasteiger partial charge is 0.255 e. The van der Waals surface area contributed by atoms with Gasteiger partial charge in [-0.05, 0) is 31.9 Å². The summed E-state index contributed by atoms with van der Waals surface area (Å²) >= 11 is 5.84. The first-order valence-corrected chi connectivity index (χ1v) is 10.8. The van der Waals surface area contributed by atoms with Crippen molar-refractivity contribution in [1.29, 1.82) is 0 Å². The molecule has 0 spiro atoms. The quantitative estimate of drug-likeness (QED) is 0.544. The molecule has 4 rings (SSSR count). The predicted octanol–water partition coefficient (Wildman–Crippen LogP) is 4.81. The van der Waals surface area contributed by atoms with Gasteiger partial charge in [0.25, 0.3) is 5.91 Å². The number of pyridine rings is 1. The second kappa shape index (κ2) is 8.38. The van der Waals surface area contributed by atoms with Crippen molar-refractivity contribution in [2.75, 3.05) is 13.1 Å². The highest BCUT2D eigenvalue weighted by Gasteiger charge is 2.30. The first-order chi connectivity index (χ1) is 14.7. The van der Waals surface area contributed by atoms with E-state index in [1.807, 2.05) is 24.1 Å². The maximum absolute atomic E-state index is 12.8. The topological polar surface area (TPSA) is 85.0 Å². The van der Waals surface area contributed by atoms with Gasteiger partial charge >= 0.3 is 0 Å². The van der Waals surface area contributed by atoms with Crippen LogP contribution in [0, 0.1) is 6.92 Å². The Balaban J connectivity index is 1.58. The van der Waals surface area contributed by atoms with Crippen molar-refractivity contribution < 1.29 is 9.32 Å². The number of halogens is 1. The lowest BCUT2D eigenvalue weighted by atomic mass is 9.88. The molecule has 162 valence electrons. The third-order valence-corrected chi connectivity index (χ3v) is 5.75. The maximum Gasteiger partial charge on any atom is 0.255 e. The zero-order valence-corrected chi connectivity index (χ0v) is 19.0. The molecule has 7 nitrogen and oxygen atoms in total. The van der Waals surface area contributed by atoms with Crippen LogP contribution >= 0.6 is 11.6 Å². The van der Waals surface area contributed by atoms with E-state index >= 15 is 0 Å². The van der Waals surface area contributed by atoms with E-state index in [4.69, 9.17) is 21.1 Å². The molecule has 8 heteroatoms. The van der Waals surface area contributed by atoms with E-state index < -0.39 is 0 Å². The summed E-state index contributed by atoms with van der Waals surface area (Å²) in [5, 5.41) is 4.41. The monoisotopic (exact) mass is 439 g/mol. The van der Waals surface area contributed by atoms with Gasteiger partial charge in [-0.2, -0.15) is 0 Å². The number of hydrogen-bond acceptors (Lipinski definition) is 6. The van der Waals surface area contributed by atoms with Gasteiger partial charge in [0.1, 0.15) is 11.0 Å². The minimum absolute atomic E-state index is 0.0215. The van der Waals surface area contributed by atoms with E-state index in [1.165, 1.54) is 6.20 Å². The molecule has 1 amide bonds. The molecule has 1 fully saturated rings. The van der Waals surface area contributed by atoms with Gasteiger partial charge in [0.2, 0.25) is 0 Å². The Kier molecular flexibility index (Phi) is 5.79. The molecule has 0 aromatic carbocycles. The highest BCUT2D eigenvalue weighted by Crippen LogP contribution is 2.35. The third-order valence-electron chi connectivity index (χ3n) is 5.53. The SMILES string of the molecule is Cc1cc(-c2cnc(C(C)(C)C)nc2C2CCN(C(=O)c3ccc(Cl)nc3)CC2)on1. The summed E-state index contributed by atoms with van der Waals surface area (Å²) in [6.45, 7) is 9.50. The molecule has 0 N–H and O–H groups in total. The summed E-state index contributed by atoms with van der Waals surface area (Å²) in [5.74, 6) is 1.66. The van der Waals surface area contributed by atoms with Crippen LogP contribution in [0.5, 0.6) is 0 Å². The van der Waals surface area contributed by atoms with Crippen molar-refractivity contribution in [1.82, 2.24) is 25.0 Å². The van der Waals surface area contributed by atoms with Crippen LogP contribution < -0.4 is 0 Å². The highest BCUT2D eigenvalue weighted by molar-refractivity contribution is 6.29. The van der Waals surface area contributed by atoms with Gasteiger partial charge in [-0.15, -0.1) is 0 Å². The molecule has 0 aliphatic carbocycles. The molecule has 0 radical (unpaired) electrons. The molecule has 31 heavy (non-hydrogen) atoms. The lowest BCUT2D eigenvalue weighted by Crippen LogP contribution is -2.38. The maximum atomic E-state index is 12.8. The number of hydrogen-bond donors (Lipinski definition) is 0. The number of carbonyl (C=O) groups excluding carboxylic acids is 1. The van der Waals surface area contributed by atoms with Crippen molar-refractivity contribution in [3.05, 3.63) is 58.5 Å². The molecule has 3 aromatic rings. The normalized spacial score (nSPS) is 15.3. The number of aryl methyl sites for hydroxylation is 1. The first kappa shape index (κ1) is 21.4. The van der Waals surface area contributed by atoms with Gasteiger partial charge in [0.05, 0.1) is 22.5 Å². The van der Waals surface area contributed by atoms with E-state index in [9.17, 15) is 4.79 Å². The fourth-order valence-electron chi connectivity index (χ4n) is 3.79. The van der Waals surface area contributed by atoms with E-state index in [1.54, 1.807) is 12.1 Å². The second-order valence-corrected chi connectivity index (χ2v) is 9.40. The summed E-state index contributed by atoms with van der Waals surface area (Å²) in [6, 6.07) is 5.27.